The van der Waals surface area contributed by atoms with Crippen molar-refractivity contribution in [3.8, 4) is 5.75 Å². The van der Waals surface area contributed by atoms with Crippen LogP contribution in [0.15, 0.2) is 18.2 Å². The molecular weight excluding hydrogens is 221 g/mol. The zero-order valence-electron chi connectivity index (χ0n) is 9.67. The summed E-state index contributed by atoms with van der Waals surface area (Å²) in [4.78, 5) is 0. The summed E-state index contributed by atoms with van der Waals surface area (Å²) in [6, 6.07) is 5.17. The number of rotatable bonds is 7. The Labute approximate surface area is 101 Å². The van der Waals surface area contributed by atoms with Crippen molar-refractivity contribution in [1.82, 2.24) is 0 Å². The Morgan fingerprint density at radius 2 is 2.18 bits per heavy atom. The van der Waals surface area contributed by atoms with Gasteiger partial charge in [-0.1, -0.05) is 12.1 Å². The molecule has 1 rings (SSSR count). The van der Waals surface area contributed by atoms with Gasteiger partial charge < -0.3 is 25.7 Å². The molecule has 0 aliphatic carbocycles. The van der Waals surface area contributed by atoms with Crippen LogP contribution in [0.25, 0.3) is 0 Å². The van der Waals surface area contributed by atoms with Gasteiger partial charge in [0.2, 0.25) is 0 Å². The van der Waals surface area contributed by atoms with Gasteiger partial charge in [-0.05, 0) is 17.1 Å². The quantitative estimate of drug-likeness (QED) is 0.340. The third-order valence-corrected chi connectivity index (χ3v) is 2.47. The van der Waals surface area contributed by atoms with E-state index in [4.69, 9.17) is 15.6 Å². The summed E-state index contributed by atoms with van der Waals surface area (Å²) in [7, 11) is -0.221. The van der Waals surface area contributed by atoms with Crippen molar-refractivity contribution in [1.29, 1.82) is 0 Å². The highest BCUT2D eigenvalue weighted by molar-refractivity contribution is 6.47. The summed E-state index contributed by atoms with van der Waals surface area (Å²) in [5.74, 6) is 0.519. The molecule has 1 aromatic carbocycles. The molecule has 0 aliphatic rings. The van der Waals surface area contributed by atoms with Crippen LogP contribution in [0.5, 0.6) is 5.75 Å². The van der Waals surface area contributed by atoms with Crippen LogP contribution in [0, 0.1) is 0 Å². The minimum absolute atomic E-state index is 0.0551. The molecule has 5 N–H and O–H groups in total. The Hall–Kier alpha value is -1.08. The molecule has 0 saturated heterocycles. The molecule has 1 unspecified atom stereocenters. The number of hydrogen-bond acceptors (Lipinski definition) is 5. The fourth-order valence-electron chi connectivity index (χ4n) is 1.57. The Morgan fingerprint density at radius 3 is 2.76 bits per heavy atom. The van der Waals surface area contributed by atoms with E-state index in [1.165, 1.54) is 0 Å². The Bertz CT molecular complexity index is 348. The van der Waals surface area contributed by atoms with Gasteiger partial charge in [-0.15, -0.1) is 0 Å². The third kappa shape index (κ3) is 3.71. The molecule has 0 spiro atoms. The van der Waals surface area contributed by atoms with Gasteiger partial charge in [-0.3, -0.25) is 0 Å². The second kappa shape index (κ2) is 7.29. The maximum absolute atomic E-state index is 9.71. The first-order chi connectivity index (χ1) is 8.24. The van der Waals surface area contributed by atoms with Crippen molar-refractivity contribution in [3.05, 3.63) is 23.8 Å². The SMILES string of the molecule is NCC(O)c1cccc(OCCCO)c1BO. The molecule has 94 valence electrons. The molecule has 0 radical (unpaired) electrons. The molecular formula is C11H18BNO4. The molecule has 0 aromatic heterocycles. The summed E-state index contributed by atoms with van der Waals surface area (Å²) < 4.78 is 5.43. The van der Waals surface area contributed by atoms with Gasteiger partial charge in [0.05, 0.1) is 12.7 Å². The fourth-order valence-corrected chi connectivity index (χ4v) is 1.57. The first-order valence-electron chi connectivity index (χ1n) is 5.59. The molecule has 0 bridgehead atoms. The number of aliphatic hydroxyl groups excluding tert-OH is 2. The molecule has 17 heavy (non-hydrogen) atoms. The molecule has 6 heteroatoms. The van der Waals surface area contributed by atoms with Crippen LogP contribution >= 0.6 is 0 Å². The summed E-state index contributed by atoms with van der Waals surface area (Å²) in [5.41, 5.74) is 6.52. The van der Waals surface area contributed by atoms with Crippen LogP contribution in [0.1, 0.15) is 18.1 Å². The number of nitrogens with two attached hydrogens (primary N) is 1. The third-order valence-electron chi connectivity index (χ3n) is 2.47. The van der Waals surface area contributed by atoms with E-state index in [1.807, 2.05) is 0 Å². The van der Waals surface area contributed by atoms with Crippen molar-refractivity contribution >= 4 is 12.9 Å². The molecule has 0 saturated carbocycles. The normalized spacial score (nSPS) is 12.2. The second-order valence-electron chi connectivity index (χ2n) is 3.66. The largest absolute Gasteiger partial charge is 0.494 e. The number of benzene rings is 1. The van der Waals surface area contributed by atoms with Crippen molar-refractivity contribution < 1.29 is 20.0 Å². The van der Waals surface area contributed by atoms with Gasteiger partial charge in [0.25, 0.3) is 0 Å². The van der Waals surface area contributed by atoms with E-state index < -0.39 is 6.10 Å². The average Bonchev–Trinajstić information content (AvgIpc) is 2.37. The zero-order chi connectivity index (χ0) is 12.7. The summed E-state index contributed by atoms with van der Waals surface area (Å²) in [6.07, 6.45) is -0.285. The Kier molecular flexibility index (Phi) is 6.00. The number of hydrogen-bond donors (Lipinski definition) is 4. The predicted octanol–water partition coefficient (Wildman–Crippen LogP) is -1.59. The minimum Gasteiger partial charge on any atom is -0.494 e. The van der Waals surface area contributed by atoms with E-state index in [1.54, 1.807) is 18.2 Å². The van der Waals surface area contributed by atoms with Crippen molar-refractivity contribution in [2.24, 2.45) is 5.73 Å². The lowest BCUT2D eigenvalue weighted by Crippen LogP contribution is -2.27. The average molecular weight is 239 g/mol. The smallest absolute Gasteiger partial charge is 0.308 e. The van der Waals surface area contributed by atoms with Gasteiger partial charge in [0.15, 0.2) is 0 Å². The van der Waals surface area contributed by atoms with E-state index in [0.29, 0.717) is 29.8 Å². The standard InChI is InChI=1S/C11H18BNO4/c13-7-9(15)8-3-1-4-10(11(8)12-16)17-6-2-5-14/h1,3-4,9,12,14-16H,2,5-7,13H2. The number of aliphatic hydroxyl groups is 2. The zero-order valence-corrected chi connectivity index (χ0v) is 9.67. The topological polar surface area (TPSA) is 95.9 Å². The van der Waals surface area contributed by atoms with E-state index in [2.05, 4.69) is 0 Å². The van der Waals surface area contributed by atoms with Crippen molar-refractivity contribution in [2.45, 2.75) is 12.5 Å². The molecule has 0 aliphatic heterocycles. The molecule has 1 aromatic rings. The Morgan fingerprint density at radius 1 is 1.41 bits per heavy atom. The molecule has 0 heterocycles. The molecule has 0 fully saturated rings. The van der Waals surface area contributed by atoms with Crippen LogP contribution in [-0.4, -0.2) is 42.5 Å². The highest BCUT2D eigenvalue weighted by Crippen LogP contribution is 2.15. The molecule has 1 atom stereocenters. The minimum atomic E-state index is -0.807. The highest BCUT2D eigenvalue weighted by Gasteiger charge is 2.15. The van der Waals surface area contributed by atoms with Gasteiger partial charge >= 0.3 is 7.48 Å². The molecule has 5 nitrogen and oxygen atoms in total. The van der Waals surface area contributed by atoms with E-state index >= 15 is 0 Å². The van der Waals surface area contributed by atoms with Crippen LogP contribution in [0.4, 0.5) is 0 Å². The van der Waals surface area contributed by atoms with E-state index in [-0.39, 0.29) is 20.6 Å². The second-order valence-corrected chi connectivity index (χ2v) is 3.66. The monoisotopic (exact) mass is 239 g/mol. The van der Waals surface area contributed by atoms with E-state index in [9.17, 15) is 10.1 Å². The van der Waals surface area contributed by atoms with Crippen molar-refractivity contribution in [2.75, 3.05) is 19.8 Å². The maximum atomic E-state index is 9.71. The maximum Gasteiger partial charge on any atom is 0.308 e. The summed E-state index contributed by atoms with van der Waals surface area (Å²) in [6.45, 7) is 0.512. The predicted molar refractivity (Wildman–Crippen MR) is 66.7 cm³/mol. The lowest BCUT2D eigenvalue weighted by atomic mass is 9.81. The van der Waals surface area contributed by atoms with Gasteiger partial charge in [-0.2, -0.15) is 0 Å². The first-order valence-corrected chi connectivity index (χ1v) is 5.59. The lowest BCUT2D eigenvalue weighted by molar-refractivity contribution is 0.187. The van der Waals surface area contributed by atoms with Crippen LogP contribution in [0.3, 0.4) is 0 Å². The lowest BCUT2D eigenvalue weighted by Gasteiger charge is -2.16. The molecule has 0 amide bonds. The number of ether oxygens (including phenoxy) is 1. The van der Waals surface area contributed by atoms with Crippen LogP contribution in [-0.2, 0) is 0 Å². The Balaban J connectivity index is 2.89. The first kappa shape index (κ1) is 14.0. The highest BCUT2D eigenvalue weighted by atomic mass is 16.5. The van der Waals surface area contributed by atoms with Gasteiger partial charge in [0.1, 0.15) is 5.75 Å². The van der Waals surface area contributed by atoms with Gasteiger partial charge in [0, 0.05) is 19.6 Å². The van der Waals surface area contributed by atoms with Crippen molar-refractivity contribution in [3.63, 3.8) is 0 Å². The summed E-state index contributed by atoms with van der Waals surface area (Å²) >= 11 is 0. The van der Waals surface area contributed by atoms with E-state index in [0.717, 1.165) is 0 Å². The van der Waals surface area contributed by atoms with Crippen LogP contribution in [0.2, 0.25) is 0 Å². The fraction of sp³-hybridized carbons (Fsp3) is 0.455. The van der Waals surface area contributed by atoms with Gasteiger partial charge in [-0.25, -0.2) is 0 Å². The summed E-state index contributed by atoms with van der Waals surface area (Å²) in [5, 5.41) is 27.7. The van der Waals surface area contributed by atoms with Crippen LogP contribution < -0.4 is 15.9 Å².